The number of aromatic nitrogens is 2. The Labute approximate surface area is 167 Å². The molecule has 2 N–H and O–H groups in total. The fourth-order valence-corrected chi connectivity index (χ4v) is 4.38. The van der Waals surface area contributed by atoms with Crippen LogP contribution in [-0.2, 0) is 21.2 Å². The number of nitrogens with one attached hydrogen (secondary N) is 2. The summed E-state index contributed by atoms with van der Waals surface area (Å²) in [5.74, 6) is -0.489. The summed E-state index contributed by atoms with van der Waals surface area (Å²) in [6.45, 7) is 3.74. The maximum atomic E-state index is 12.5. The minimum Gasteiger partial charge on any atom is -0.326 e. The number of amides is 1. The Bertz CT molecular complexity index is 1050. The molecular weight excluding hydrogens is 396 g/mol. The summed E-state index contributed by atoms with van der Waals surface area (Å²) in [5.41, 5.74) is 1.43. The highest BCUT2D eigenvalue weighted by Crippen LogP contribution is 2.22. The zero-order valence-electron chi connectivity index (χ0n) is 15.4. The van der Waals surface area contributed by atoms with E-state index in [4.69, 9.17) is 0 Å². The molecule has 3 rings (SSSR count). The summed E-state index contributed by atoms with van der Waals surface area (Å²) in [6.07, 6.45) is 0.690. The van der Waals surface area contributed by atoms with Crippen LogP contribution >= 0.6 is 11.3 Å². The lowest BCUT2D eigenvalue weighted by atomic mass is 10.0. The Balaban J connectivity index is 1.68. The predicted octanol–water partition coefficient (Wildman–Crippen LogP) is 3.64. The molecule has 0 bridgehead atoms. The molecule has 1 heterocycles. The molecule has 0 aliphatic heterocycles. The molecular formula is C19H20N4O3S2. The maximum absolute atomic E-state index is 12.5. The third-order valence-electron chi connectivity index (χ3n) is 4.12. The fraction of sp³-hybridized carbons (Fsp3) is 0.211. The van der Waals surface area contributed by atoms with E-state index in [1.807, 2.05) is 44.2 Å². The molecule has 28 heavy (non-hydrogen) atoms. The largest absolute Gasteiger partial charge is 0.326 e. The second-order valence-electron chi connectivity index (χ2n) is 6.11. The molecule has 1 amide bonds. The first-order valence-corrected chi connectivity index (χ1v) is 11.0. The Morgan fingerprint density at radius 2 is 1.75 bits per heavy atom. The van der Waals surface area contributed by atoms with Crippen molar-refractivity contribution in [3.05, 3.63) is 65.2 Å². The van der Waals surface area contributed by atoms with Gasteiger partial charge in [0.15, 0.2) is 0 Å². The average molecular weight is 417 g/mol. The number of aryl methyl sites for hydroxylation is 1. The van der Waals surface area contributed by atoms with Crippen molar-refractivity contribution < 1.29 is 13.2 Å². The van der Waals surface area contributed by atoms with Gasteiger partial charge in [-0.05, 0) is 43.2 Å². The second kappa shape index (κ2) is 8.49. The molecule has 1 aromatic heterocycles. The minimum atomic E-state index is -3.77. The van der Waals surface area contributed by atoms with Crippen LogP contribution in [0.2, 0.25) is 0 Å². The predicted molar refractivity (Wildman–Crippen MR) is 110 cm³/mol. The molecule has 0 aliphatic carbocycles. The van der Waals surface area contributed by atoms with Gasteiger partial charge in [0.05, 0.1) is 10.8 Å². The molecule has 2 aromatic carbocycles. The highest BCUT2D eigenvalue weighted by molar-refractivity contribution is 7.93. The second-order valence-corrected chi connectivity index (χ2v) is 8.85. The quantitative estimate of drug-likeness (QED) is 0.612. The van der Waals surface area contributed by atoms with Gasteiger partial charge in [-0.2, -0.15) is 0 Å². The van der Waals surface area contributed by atoms with E-state index in [2.05, 4.69) is 20.2 Å². The van der Waals surface area contributed by atoms with E-state index in [9.17, 15) is 13.2 Å². The Kier molecular flexibility index (Phi) is 6.05. The van der Waals surface area contributed by atoms with E-state index in [0.717, 1.165) is 10.6 Å². The SMILES string of the molecule is CCc1nnc(NS(=O)(=O)c2ccc(NC(=O)C(C)c3ccccc3)cc2)s1. The lowest BCUT2D eigenvalue weighted by molar-refractivity contribution is -0.117. The van der Waals surface area contributed by atoms with Crippen molar-refractivity contribution in [3.8, 4) is 0 Å². The molecule has 3 aromatic rings. The van der Waals surface area contributed by atoms with Gasteiger partial charge in [-0.3, -0.25) is 9.52 Å². The van der Waals surface area contributed by atoms with Gasteiger partial charge in [0.25, 0.3) is 10.0 Å². The topological polar surface area (TPSA) is 101 Å². The van der Waals surface area contributed by atoms with Crippen molar-refractivity contribution in [3.63, 3.8) is 0 Å². The molecule has 7 nitrogen and oxygen atoms in total. The van der Waals surface area contributed by atoms with Gasteiger partial charge in [0.2, 0.25) is 11.0 Å². The van der Waals surface area contributed by atoms with Crippen molar-refractivity contribution in [2.75, 3.05) is 10.0 Å². The summed E-state index contributed by atoms with van der Waals surface area (Å²) in [6, 6.07) is 15.4. The zero-order chi connectivity index (χ0) is 20.1. The first-order valence-electron chi connectivity index (χ1n) is 8.70. The molecule has 0 saturated carbocycles. The van der Waals surface area contributed by atoms with E-state index in [1.54, 1.807) is 12.1 Å². The van der Waals surface area contributed by atoms with Crippen molar-refractivity contribution in [1.82, 2.24) is 10.2 Å². The normalized spacial score (nSPS) is 12.4. The molecule has 0 saturated heterocycles. The number of hydrogen-bond acceptors (Lipinski definition) is 6. The van der Waals surface area contributed by atoms with E-state index >= 15 is 0 Å². The van der Waals surface area contributed by atoms with Crippen molar-refractivity contribution in [2.24, 2.45) is 0 Å². The molecule has 0 radical (unpaired) electrons. The van der Waals surface area contributed by atoms with Crippen LogP contribution in [-0.4, -0.2) is 24.5 Å². The summed E-state index contributed by atoms with van der Waals surface area (Å²) < 4.78 is 27.4. The number of rotatable bonds is 7. The first-order chi connectivity index (χ1) is 13.4. The van der Waals surface area contributed by atoms with E-state index in [0.29, 0.717) is 12.1 Å². The number of anilines is 2. The molecule has 1 unspecified atom stereocenters. The van der Waals surface area contributed by atoms with Crippen LogP contribution < -0.4 is 10.0 Å². The number of benzene rings is 2. The van der Waals surface area contributed by atoms with E-state index in [1.165, 1.54) is 23.5 Å². The molecule has 0 aliphatic rings. The summed E-state index contributed by atoms with van der Waals surface area (Å²) in [4.78, 5) is 12.5. The number of sulfonamides is 1. The minimum absolute atomic E-state index is 0.0786. The van der Waals surface area contributed by atoms with E-state index < -0.39 is 10.0 Å². The van der Waals surface area contributed by atoms with Gasteiger partial charge in [-0.15, -0.1) is 10.2 Å². The van der Waals surface area contributed by atoms with Gasteiger partial charge in [-0.25, -0.2) is 8.42 Å². The lowest BCUT2D eigenvalue weighted by Crippen LogP contribution is -2.19. The Morgan fingerprint density at radius 3 is 2.36 bits per heavy atom. The molecule has 9 heteroatoms. The van der Waals surface area contributed by atoms with Gasteiger partial charge >= 0.3 is 0 Å². The molecule has 146 valence electrons. The smallest absolute Gasteiger partial charge is 0.263 e. The van der Waals surface area contributed by atoms with E-state index in [-0.39, 0.29) is 21.9 Å². The lowest BCUT2D eigenvalue weighted by Gasteiger charge is -2.13. The molecule has 0 spiro atoms. The summed E-state index contributed by atoms with van der Waals surface area (Å²) in [7, 11) is -3.77. The van der Waals surface area contributed by atoms with Crippen LogP contribution in [0, 0.1) is 0 Å². The van der Waals surface area contributed by atoms with Crippen LogP contribution in [0.15, 0.2) is 59.5 Å². The van der Waals surface area contributed by atoms with Crippen molar-refractivity contribution in [2.45, 2.75) is 31.1 Å². The van der Waals surface area contributed by atoms with Gasteiger partial charge in [0.1, 0.15) is 5.01 Å². The number of nitrogens with zero attached hydrogens (tertiary/aromatic N) is 2. The van der Waals surface area contributed by atoms with Crippen LogP contribution in [0.3, 0.4) is 0 Å². The summed E-state index contributed by atoms with van der Waals surface area (Å²) >= 11 is 1.20. The Morgan fingerprint density at radius 1 is 1.07 bits per heavy atom. The maximum Gasteiger partial charge on any atom is 0.263 e. The third-order valence-corrected chi connectivity index (χ3v) is 6.58. The van der Waals surface area contributed by atoms with Crippen molar-refractivity contribution in [1.29, 1.82) is 0 Å². The highest BCUT2D eigenvalue weighted by Gasteiger charge is 2.18. The average Bonchev–Trinajstić information content (AvgIpc) is 3.15. The number of carbonyl (C=O) groups excluding carboxylic acids is 1. The van der Waals surface area contributed by atoms with Crippen molar-refractivity contribution >= 4 is 38.1 Å². The first kappa shape index (κ1) is 20.0. The third kappa shape index (κ3) is 4.73. The van der Waals surface area contributed by atoms with Gasteiger partial charge in [-0.1, -0.05) is 48.6 Å². The van der Waals surface area contributed by atoms with Crippen LogP contribution in [0.25, 0.3) is 0 Å². The van der Waals surface area contributed by atoms with Crippen LogP contribution in [0.5, 0.6) is 0 Å². The van der Waals surface area contributed by atoms with Crippen LogP contribution in [0.4, 0.5) is 10.8 Å². The fourth-order valence-electron chi connectivity index (χ4n) is 2.47. The van der Waals surface area contributed by atoms with Gasteiger partial charge < -0.3 is 5.32 Å². The molecule has 1 atom stereocenters. The molecule has 0 fully saturated rings. The monoisotopic (exact) mass is 416 g/mol. The number of hydrogen-bond donors (Lipinski definition) is 2. The zero-order valence-corrected chi connectivity index (χ0v) is 17.0. The summed E-state index contributed by atoms with van der Waals surface area (Å²) in [5, 5.41) is 11.5. The standard InChI is InChI=1S/C19H20N4O3S2/c1-3-17-21-22-19(27-17)23-28(25,26)16-11-9-15(10-12-16)20-18(24)13(2)14-7-5-4-6-8-14/h4-13H,3H2,1-2H3,(H,20,24)(H,22,23). The van der Waals surface area contributed by atoms with Crippen LogP contribution in [0.1, 0.15) is 30.3 Å². The highest BCUT2D eigenvalue weighted by atomic mass is 32.2. The Hall–Kier alpha value is -2.78. The van der Waals surface area contributed by atoms with Gasteiger partial charge in [0, 0.05) is 5.69 Å². The number of carbonyl (C=O) groups is 1.